The molecule has 0 saturated carbocycles. The van der Waals surface area contributed by atoms with Crippen molar-refractivity contribution in [2.24, 2.45) is 0 Å². The quantitative estimate of drug-likeness (QED) is 0.371. The first-order valence-electron chi connectivity index (χ1n) is 8.65. The topological polar surface area (TPSA) is 93.7 Å². The van der Waals surface area contributed by atoms with E-state index in [1.165, 1.54) is 23.1 Å². The van der Waals surface area contributed by atoms with Crippen LogP contribution in [-0.4, -0.2) is 45.0 Å². The normalized spacial score (nSPS) is 11.9. The van der Waals surface area contributed by atoms with Crippen LogP contribution in [0.5, 0.6) is 0 Å². The van der Waals surface area contributed by atoms with Crippen LogP contribution in [0.2, 0.25) is 0 Å². The van der Waals surface area contributed by atoms with Gasteiger partial charge in [-0.25, -0.2) is 4.98 Å². The number of hydrogen-bond donors (Lipinski definition) is 0. The molecule has 2 heterocycles. The first-order valence-corrected chi connectivity index (χ1v) is 10.5. The molecule has 1 unspecified atom stereocenters. The molecule has 0 bridgehead atoms. The Hall–Kier alpha value is -2.54. The smallest absolute Gasteiger partial charge is 0.191 e. The van der Waals surface area contributed by atoms with E-state index in [2.05, 4.69) is 21.3 Å². The van der Waals surface area contributed by atoms with Gasteiger partial charge in [-0.15, -0.1) is 21.5 Å². The third-order valence-electron chi connectivity index (χ3n) is 3.96. The number of carbonyl (C=O) groups excluding carboxylic acids is 1. The molecule has 0 spiro atoms. The number of rotatable bonds is 10. The molecule has 7 nitrogen and oxygen atoms in total. The summed E-state index contributed by atoms with van der Waals surface area (Å²) in [6, 6.07) is 11.8. The zero-order valence-electron chi connectivity index (χ0n) is 15.3. The third kappa shape index (κ3) is 5.04. The molecule has 2 aromatic heterocycles. The summed E-state index contributed by atoms with van der Waals surface area (Å²) < 4.78 is 6.93. The summed E-state index contributed by atoms with van der Waals surface area (Å²) in [6.07, 6.45) is 2.47. The van der Waals surface area contributed by atoms with Gasteiger partial charge in [-0.05, 0) is 6.42 Å². The van der Waals surface area contributed by atoms with Gasteiger partial charge >= 0.3 is 0 Å². The SMILES string of the molecule is COCCCn1cnnc1SCC(=O)C(C#N)c1nc(-c2ccccc2)cs1. The second kappa shape index (κ2) is 10.1. The predicted octanol–water partition coefficient (Wildman–Crippen LogP) is 3.41. The number of ketones is 1. The van der Waals surface area contributed by atoms with Crippen molar-refractivity contribution < 1.29 is 9.53 Å². The molecule has 0 aliphatic carbocycles. The summed E-state index contributed by atoms with van der Waals surface area (Å²) in [5, 5.41) is 20.5. The number of nitrogens with zero attached hydrogens (tertiary/aromatic N) is 5. The van der Waals surface area contributed by atoms with Gasteiger partial charge in [-0.1, -0.05) is 42.1 Å². The predicted molar refractivity (Wildman–Crippen MR) is 108 cm³/mol. The van der Waals surface area contributed by atoms with Crippen molar-refractivity contribution in [1.29, 1.82) is 5.26 Å². The number of aryl methyl sites for hydroxylation is 1. The van der Waals surface area contributed by atoms with Crippen molar-refractivity contribution in [1.82, 2.24) is 19.7 Å². The third-order valence-corrected chi connectivity index (χ3v) is 5.87. The van der Waals surface area contributed by atoms with Gasteiger partial charge in [0.2, 0.25) is 0 Å². The van der Waals surface area contributed by atoms with E-state index in [4.69, 9.17) is 4.74 Å². The number of ether oxygens (including phenoxy) is 1. The Morgan fingerprint density at radius 3 is 2.96 bits per heavy atom. The van der Waals surface area contributed by atoms with E-state index in [9.17, 15) is 10.1 Å². The number of thiazole rings is 1. The maximum atomic E-state index is 12.6. The van der Waals surface area contributed by atoms with Crippen LogP contribution < -0.4 is 0 Å². The van der Waals surface area contributed by atoms with Crippen molar-refractivity contribution in [2.45, 2.75) is 24.0 Å². The molecule has 28 heavy (non-hydrogen) atoms. The van der Waals surface area contributed by atoms with E-state index in [0.717, 1.165) is 17.7 Å². The maximum Gasteiger partial charge on any atom is 0.191 e. The lowest BCUT2D eigenvalue weighted by Gasteiger charge is -2.07. The zero-order valence-corrected chi connectivity index (χ0v) is 16.9. The molecule has 0 aliphatic heterocycles. The first kappa shape index (κ1) is 20.2. The first-order chi connectivity index (χ1) is 13.7. The molecule has 144 valence electrons. The highest BCUT2D eigenvalue weighted by Crippen LogP contribution is 2.28. The molecule has 0 fully saturated rings. The van der Waals surface area contributed by atoms with Gasteiger partial charge in [0, 0.05) is 31.2 Å². The van der Waals surface area contributed by atoms with Crippen LogP contribution in [0.1, 0.15) is 17.3 Å². The summed E-state index contributed by atoms with van der Waals surface area (Å²) in [5.74, 6) is -0.922. The standard InChI is InChI=1S/C19H19N5O2S2/c1-26-9-5-8-24-13-21-23-19(24)28-12-17(25)15(10-20)18-22-16(11-27-18)14-6-3-2-4-7-14/h2-4,6-7,11,13,15H,5,8-9,12H2,1H3. The van der Waals surface area contributed by atoms with Crippen LogP contribution in [0.15, 0.2) is 47.2 Å². The number of nitriles is 1. The van der Waals surface area contributed by atoms with Gasteiger partial charge in [0.05, 0.1) is 17.5 Å². The Morgan fingerprint density at radius 2 is 2.21 bits per heavy atom. The number of thioether (sulfide) groups is 1. The Balaban J connectivity index is 1.63. The number of hydrogen-bond acceptors (Lipinski definition) is 8. The zero-order chi connectivity index (χ0) is 19.8. The maximum absolute atomic E-state index is 12.6. The molecule has 0 saturated heterocycles. The molecular weight excluding hydrogens is 394 g/mol. The fourth-order valence-corrected chi connectivity index (χ4v) is 4.27. The number of benzene rings is 1. The highest BCUT2D eigenvalue weighted by atomic mass is 32.2. The van der Waals surface area contributed by atoms with Crippen molar-refractivity contribution in [3.63, 3.8) is 0 Å². The average Bonchev–Trinajstić information content (AvgIpc) is 3.38. The van der Waals surface area contributed by atoms with E-state index in [-0.39, 0.29) is 11.5 Å². The van der Waals surface area contributed by atoms with Crippen LogP contribution in [0.3, 0.4) is 0 Å². The Kier molecular flexibility index (Phi) is 7.31. The van der Waals surface area contributed by atoms with Crippen molar-refractivity contribution in [2.75, 3.05) is 19.5 Å². The molecule has 1 atom stereocenters. The van der Waals surface area contributed by atoms with Crippen LogP contribution in [0.25, 0.3) is 11.3 Å². The van der Waals surface area contributed by atoms with Crippen LogP contribution in [0.4, 0.5) is 0 Å². The monoisotopic (exact) mass is 413 g/mol. The molecule has 3 rings (SSSR count). The summed E-state index contributed by atoms with van der Waals surface area (Å²) in [6.45, 7) is 1.36. The van der Waals surface area contributed by atoms with Gasteiger partial charge < -0.3 is 9.30 Å². The van der Waals surface area contributed by atoms with Gasteiger partial charge in [-0.3, -0.25) is 4.79 Å². The van der Waals surface area contributed by atoms with E-state index in [0.29, 0.717) is 23.3 Å². The molecule has 0 aliphatic rings. The minimum absolute atomic E-state index is 0.140. The molecule has 0 amide bonds. The fourth-order valence-electron chi connectivity index (χ4n) is 2.53. The van der Waals surface area contributed by atoms with Crippen molar-refractivity contribution >= 4 is 28.9 Å². The van der Waals surface area contributed by atoms with Gasteiger partial charge in [0.15, 0.2) is 16.9 Å². The van der Waals surface area contributed by atoms with Crippen LogP contribution >= 0.6 is 23.1 Å². The number of aromatic nitrogens is 4. The van der Waals surface area contributed by atoms with Crippen LogP contribution in [-0.2, 0) is 16.1 Å². The molecule has 3 aromatic rings. The largest absolute Gasteiger partial charge is 0.385 e. The second-order valence-electron chi connectivity index (χ2n) is 5.91. The minimum Gasteiger partial charge on any atom is -0.385 e. The Bertz CT molecular complexity index is 949. The number of carbonyl (C=O) groups is 1. The van der Waals surface area contributed by atoms with E-state index < -0.39 is 5.92 Å². The highest BCUT2D eigenvalue weighted by molar-refractivity contribution is 7.99. The summed E-state index contributed by atoms with van der Waals surface area (Å²) in [4.78, 5) is 17.1. The van der Waals surface area contributed by atoms with E-state index in [1.54, 1.807) is 13.4 Å². The van der Waals surface area contributed by atoms with Crippen molar-refractivity contribution in [3.8, 4) is 17.3 Å². The van der Waals surface area contributed by atoms with Gasteiger partial charge in [0.25, 0.3) is 0 Å². The molecule has 0 N–H and O–H groups in total. The van der Waals surface area contributed by atoms with E-state index in [1.807, 2.05) is 40.3 Å². The second-order valence-corrected chi connectivity index (χ2v) is 7.74. The average molecular weight is 414 g/mol. The lowest BCUT2D eigenvalue weighted by atomic mass is 10.1. The Labute approximate surface area is 171 Å². The molecule has 1 aromatic carbocycles. The van der Waals surface area contributed by atoms with Crippen LogP contribution in [0, 0.1) is 11.3 Å². The lowest BCUT2D eigenvalue weighted by molar-refractivity contribution is -0.116. The number of methoxy groups -OCH3 is 1. The molecule has 0 radical (unpaired) electrons. The minimum atomic E-state index is -0.875. The molecular formula is C19H19N5O2S2. The van der Waals surface area contributed by atoms with Gasteiger partial charge in [-0.2, -0.15) is 5.26 Å². The Morgan fingerprint density at radius 1 is 1.39 bits per heavy atom. The summed E-state index contributed by atoms with van der Waals surface area (Å²) >= 11 is 2.62. The van der Waals surface area contributed by atoms with Crippen molar-refractivity contribution in [3.05, 3.63) is 47.0 Å². The summed E-state index contributed by atoms with van der Waals surface area (Å²) in [5.41, 5.74) is 1.74. The fraction of sp³-hybridized carbons (Fsp3) is 0.316. The van der Waals surface area contributed by atoms with E-state index >= 15 is 0 Å². The highest BCUT2D eigenvalue weighted by Gasteiger charge is 2.24. The number of Topliss-reactive ketones (excluding diaryl/α,β-unsaturated/α-hetero) is 1. The summed E-state index contributed by atoms with van der Waals surface area (Å²) in [7, 11) is 1.66. The van der Waals surface area contributed by atoms with Gasteiger partial charge in [0.1, 0.15) is 11.3 Å². The molecule has 9 heteroatoms. The lowest BCUT2D eigenvalue weighted by Crippen LogP contribution is -2.14.